The summed E-state index contributed by atoms with van der Waals surface area (Å²) in [5.74, 6) is -0.475. The first kappa shape index (κ1) is 22.2. The second-order valence-corrected chi connectivity index (χ2v) is 11.7. The van der Waals surface area contributed by atoms with Crippen molar-refractivity contribution in [3.05, 3.63) is 29.8 Å². The van der Waals surface area contributed by atoms with Gasteiger partial charge in [0.25, 0.3) is 0 Å². The van der Waals surface area contributed by atoms with Crippen molar-refractivity contribution in [2.24, 2.45) is 0 Å². The summed E-state index contributed by atoms with van der Waals surface area (Å²) in [6.45, 7) is 6.66. The van der Waals surface area contributed by atoms with E-state index in [9.17, 15) is 9.59 Å². The van der Waals surface area contributed by atoms with Gasteiger partial charge in [-0.25, -0.2) is 9.59 Å². The van der Waals surface area contributed by atoms with Gasteiger partial charge in [0.05, 0.1) is 27.0 Å². The zero-order valence-corrected chi connectivity index (χ0v) is 18.5. The number of rotatable bonds is 6. The first-order chi connectivity index (χ1) is 13.4. The number of ether oxygens (including phenoxy) is 2. The van der Waals surface area contributed by atoms with Crippen LogP contribution in [0.5, 0.6) is 0 Å². The van der Waals surface area contributed by atoms with E-state index in [1.807, 2.05) is 24.3 Å². The number of esters is 1. The van der Waals surface area contributed by atoms with Crippen LogP contribution >= 0.6 is 0 Å². The number of benzene rings is 1. The second-order valence-electron chi connectivity index (χ2n) is 6.99. The molecular formula is C20H32N2O5Si. The molecule has 0 aliphatic carbocycles. The van der Waals surface area contributed by atoms with Crippen LogP contribution in [0.15, 0.2) is 24.3 Å². The quantitative estimate of drug-likeness (QED) is 0.563. The van der Waals surface area contributed by atoms with E-state index < -0.39 is 26.4 Å². The molecule has 0 saturated heterocycles. The summed E-state index contributed by atoms with van der Waals surface area (Å²) in [6, 6.07) is 10.1. The molecule has 28 heavy (non-hydrogen) atoms. The number of para-hydroxylation sites is 1. The Morgan fingerprint density at radius 2 is 1.75 bits per heavy atom. The number of amides is 1. The predicted molar refractivity (Wildman–Crippen MR) is 111 cm³/mol. The zero-order chi connectivity index (χ0) is 20.7. The number of methoxy groups -OCH3 is 2. The molecule has 0 radical (unpaired) electrons. The number of nitrogens with zero attached hydrogens (tertiary/aromatic N) is 1. The molecule has 0 bridgehead atoms. The highest BCUT2D eigenvalue weighted by Gasteiger charge is 2.40. The molecule has 1 aromatic carbocycles. The zero-order valence-electron chi connectivity index (χ0n) is 17.5. The van der Waals surface area contributed by atoms with Crippen LogP contribution in [0.4, 0.5) is 10.5 Å². The third-order valence-corrected chi connectivity index (χ3v) is 10.4. The molecule has 1 amide bonds. The van der Waals surface area contributed by atoms with Crippen molar-refractivity contribution in [3.8, 4) is 0 Å². The summed E-state index contributed by atoms with van der Waals surface area (Å²) < 4.78 is 16.7. The third-order valence-electron chi connectivity index (χ3n) is 5.77. The summed E-state index contributed by atoms with van der Waals surface area (Å²) in [5, 5.41) is 3.26. The number of nitrogens with one attached hydrogen (secondary N) is 1. The molecule has 7 nitrogen and oxygen atoms in total. The highest BCUT2D eigenvalue weighted by atomic mass is 28.4. The van der Waals surface area contributed by atoms with E-state index in [4.69, 9.17) is 13.9 Å². The fraction of sp³-hybridized carbons (Fsp3) is 0.600. The lowest BCUT2D eigenvalue weighted by atomic mass is 9.98. The standard InChI is InChI=1S/C20H32N2O5Si/c1-6-28(7-2,8-3)27-18-13-17(19(23)25-4)22(20(24)26-5)14-21-16-12-10-9-11-15(16)18/h9-12,17-18,21H,6-8,13-14H2,1-5H3/t17-,18+/m0/s1. The normalized spacial score (nSPS) is 19.7. The average molecular weight is 409 g/mol. The Balaban J connectivity index is 2.50. The Kier molecular flexibility index (Phi) is 7.88. The van der Waals surface area contributed by atoms with Crippen molar-refractivity contribution in [3.63, 3.8) is 0 Å². The highest BCUT2D eigenvalue weighted by Crippen LogP contribution is 2.38. The van der Waals surface area contributed by atoms with E-state index in [1.54, 1.807) is 0 Å². The van der Waals surface area contributed by atoms with Crippen molar-refractivity contribution >= 4 is 26.1 Å². The fourth-order valence-electron chi connectivity index (χ4n) is 3.76. The van der Waals surface area contributed by atoms with Crippen LogP contribution < -0.4 is 5.32 Å². The number of hydrogen-bond donors (Lipinski definition) is 1. The van der Waals surface area contributed by atoms with E-state index in [-0.39, 0.29) is 12.8 Å². The van der Waals surface area contributed by atoms with Gasteiger partial charge in [0.15, 0.2) is 8.32 Å². The van der Waals surface area contributed by atoms with Gasteiger partial charge >= 0.3 is 12.1 Å². The van der Waals surface area contributed by atoms with Gasteiger partial charge in [-0.05, 0) is 24.2 Å². The average Bonchev–Trinajstić information content (AvgIpc) is 2.73. The maximum atomic E-state index is 12.6. The van der Waals surface area contributed by atoms with E-state index >= 15 is 0 Å². The highest BCUT2D eigenvalue weighted by molar-refractivity contribution is 6.73. The van der Waals surface area contributed by atoms with Gasteiger partial charge in [0.2, 0.25) is 0 Å². The van der Waals surface area contributed by atoms with Crippen LogP contribution in [0.3, 0.4) is 0 Å². The van der Waals surface area contributed by atoms with Gasteiger partial charge < -0.3 is 19.2 Å². The van der Waals surface area contributed by atoms with Crippen molar-refractivity contribution < 1.29 is 23.5 Å². The number of fused-ring (bicyclic) bond motifs is 1. The molecule has 0 fully saturated rings. The van der Waals surface area contributed by atoms with Crippen LogP contribution in [0, 0.1) is 0 Å². The summed E-state index contributed by atoms with van der Waals surface area (Å²) in [5.41, 5.74) is 1.91. The molecular weight excluding hydrogens is 376 g/mol. The van der Waals surface area contributed by atoms with E-state index in [1.165, 1.54) is 19.1 Å². The molecule has 2 rings (SSSR count). The minimum absolute atomic E-state index is 0.147. The molecule has 156 valence electrons. The molecule has 8 heteroatoms. The van der Waals surface area contributed by atoms with Crippen molar-refractivity contribution in [2.45, 2.75) is 57.5 Å². The Hall–Kier alpha value is -2.06. The molecule has 1 aliphatic rings. The summed E-state index contributed by atoms with van der Waals surface area (Å²) >= 11 is 0. The molecule has 0 unspecified atom stereocenters. The summed E-state index contributed by atoms with van der Waals surface area (Å²) in [6.07, 6.45) is -0.562. The van der Waals surface area contributed by atoms with E-state index in [0.717, 1.165) is 29.4 Å². The minimum atomic E-state index is -1.96. The number of carbonyl (C=O) groups is 2. The maximum absolute atomic E-state index is 12.6. The second kappa shape index (κ2) is 9.93. The summed E-state index contributed by atoms with van der Waals surface area (Å²) in [7, 11) is 0.678. The Morgan fingerprint density at radius 3 is 2.32 bits per heavy atom. The van der Waals surface area contributed by atoms with Crippen LogP contribution in [-0.4, -0.2) is 52.2 Å². The molecule has 0 aromatic heterocycles. The third kappa shape index (κ3) is 4.67. The van der Waals surface area contributed by atoms with Crippen LogP contribution in [0.2, 0.25) is 18.1 Å². The lowest BCUT2D eigenvalue weighted by Crippen LogP contribution is -2.50. The Labute approximate surface area is 168 Å². The number of carbonyl (C=O) groups excluding carboxylic acids is 2. The van der Waals surface area contributed by atoms with Gasteiger partial charge in [0, 0.05) is 17.7 Å². The topological polar surface area (TPSA) is 77.1 Å². The van der Waals surface area contributed by atoms with Crippen molar-refractivity contribution in [1.29, 1.82) is 0 Å². The van der Waals surface area contributed by atoms with Crippen molar-refractivity contribution in [2.75, 3.05) is 26.2 Å². The van der Waals surface area contributed by atoms with Gasteiger partial charge in [-0.15, -0.1) is 0 Å². The predicted octanol–water partition coefficient (Wildman–Crippen LogP) is 4.13. The first-order valence-electron chi connectivity index (χ1n) is 9.88. The molecule has 1 N–H and O–H groups in total. The maximum Gasteiger partial charge on any atom is 0.411 e. The van der Waals surface area contributed by atoms with E-state index in [0.29, 0.717) is 6.42 Å². The number of anilines is 1. The monoisotopic (exact) mass is 408 g/mol. The largest absolute Gasteiger partial charge is 0.467 e. The van der Waals surface area contributed by atoms with Gasteiger partial charge in [-0.2, -0.15) is 0 Å². The fourth-order valence-corrected chi connectivity index (χ4v) is 6.58. The van der Waals surface area contributed by atoms with Crippen LogP contribution in [0.1, 0.15) is 38.9 Å². The SMILES string of the molecule is CC[Si](CC)(CC)O[C@@H]1C[C@@H](C(=O)OC)N(C(=O)OC)CNc2ccccc21. The molecule has 1 aliphatic heterocycles. The van der Waals surface area contributed by atoms with Crippen LogP contribution in [-0.2, 0) is 18.7 Å². The smallest absolute Gasteiger partial charge is 0.411 e. The van der Waals surface area contributed by atoms with Crippen LogP contribution in [0.25, 0.3) is 0 Å². The molecule has 1 heterocycles. The first-order valence-corrected chi connectivity index (χ1v) is 12.4. The molecule has 2 atom stereocenters. The molecule has 0 saturated carbocycles. The van der Waals surface area contributed by atoms with Gasteiger partial charge in [-0.1, -0.05) is 39.0 Å². The Bertz CT molecular complexity index is 672. The summed E-state index contributed by atoms with van der Waals surface area (Å²) in [4.78, 5) is 26.3. The van der Waals surface area contributed by atoms with E-state index in [2.05, 4.69) is 26.1 Å². The Morgan fingerprint density at radius 1 is 1.11 bits per heavy atom. The minimum Gasteiger partial charge on any atom is -0.467 e. The molecule has 1 aromatic rings. The lowest BCUT2D eigenvalue weighted by Gasteiger charge is -2.39. The van der Waals surface area contributed by atoms with Crippen molar-refractivity contribution in [1.82, 2.24) is 4.90 Å². The van der Waals surface area contributed by atoms with Gasteiger partial charge in [0.1, 0.15) is 6.04 Å². The molecule has 0 spiro atoms. The number of hydrogen-bond acceptors (Lipinski definition) is 6. The van der Waals surface area contributed by atoms with Gasteiger partial charge in [-0.3, -0.25) is 4.90 Å². The lowest BCUT2D eigenvalue weighted by molar-refractivity contribution is -0.147.